The summed E-state index contributed by atoms with van der Waals surface area (Å²) in [6.45, 7) is 5.36. The molecule has 0 aliphatic heterocycles. The summed E-state index contributed by atoms with van der Waals surface area (Å²) in [5.74, 6) is 0.292. The summed E-state index contributed by atoms with van der Waals surface area (Å²) in [5.41, 5.74) is 0.461. The van der Waals surface area contributed by atoms with Crippen LogP contribution in [0.1, 0.15) is 56.3 Å². The van der Waals surface area contributed by atoms with E-state index in [1.54, 1.807) is 24.3 Å². The molecule has 1 aromatic carbocycles. The normalized spacial score (nSPS) is 10.3. The van der Waals surface area contributed by atoms with Gasteiger partial charge in [-0.2, -0.15) is 4.89 Å². The molecular formula is C16H24O4. The van der Waals surface area contributed by atoms with Crippen LogP contribution in [-0.2, 0) is 9.78 Å². The maximum Gasteiger partial charge on any atom is 0.373 e. The zero-order chi connectivity index (χ0) is 14.6. The molecule has 0 saturated carbocycles. The largest absolute Gasteiger partial charge is 0.494 e. The highest BCUT2D eigenvalue weighted by Gasteiger charge is 2.08. The van der Waals surface area contributed by atoms with E-state index >= 15 is 0 Å². The Morgan fingerprint density at radius 2 is 1.65 bits per heavy atom. The van der Waals surface area contributed by atoms with Gasteiger partial charge in [-0.15, -0.1) is 0 Å². The van der Waals surface area contributed by atoms with Crippen LogP contribution in [0.3, 0.4) is 0 Å². The van der Waals surface area contributed by atoms with Crippen LogP contribution in [0.15, 0.2) is 24.3 Å². The quantitative estimate of drug-likeness (QED) is 0.367. The van der Waals surface area contributed by atoms with Crippen molar-refractivity contribution in [1.82, 2.24) is 0 Å². The smallest absolute Gasteiger partial charge is 0.373 e. The average molecular weight is 280 g/mol. The molecule has 1 rings (SSSR count). The predicted octanol–water partition coefficient (Wildman–Crippen LogP) is 4.14. The zero-order valence-corrected chi connectivity index (χ0v) is 12.4. The molecule has 0 aliphatic carbocycles. The molecule has 4 nitrogen and oxygen atoms in total. The van der Waals surface area contributed by atoms with Crippen LogP contribution >= 0.6 is 0 Å². The topological polar surface area (TPSA) is 44.8 Å². The van der Waals surface area contributed by atoms with E-state index < -0.39 is 5.97 Å². The number of carbonyl (C=O) groups is 1. The highest BCUT2D eigenvalue weighted by Crippen LogP contribution is 2.13. The van der Waals surface area contributed by atoms with Gasteiger partial charge in [0, 0.05) is 0 Å². The number of ether oxygens (including phenoxy) is 1. The first-order valence-electron chi connectivity index (χ1n) is 7.34. The van der Waals surface area contributed by atoms with Crippen molar-refractivity contribution in [2.75, 3.05) is 13.2 Å². The van der Waals surface area contributed by atoms with Crippen molar-refractivity contribution < 1.29 is 19.3 Å². The van der Waals surface area contributed by atoms with Gasteiger partial charge in [0.15, 0.2) is 0 Å². The van der Waals surface area contributed by atoms with Crippen molar-refractivity contribution in [3.8, 4) is 5.75 Å². The molecule has 0 unspecified atom stereocenters. The fourth-order valence-corrected chi connectivity index (χ4v) is 1.58. The number of rotatable bonds is 10. The molecule has 4 heteroatoms. The van der Waals surface area contributed by atoms with Crippen LogP contribution in [0.5, 0.6) is 5.75 Å². The standard InChI is InChI=1S/C16H24O4/c1-3-5-7-13-19-20-16(17)14-8-10-15(11-9-14)18-12-6-4-2/h8-11H,3-7,12-13H2,1-2H3. The van der Waals surface area contributed by atoms with Crippen molar-refractivity contribution in [3.63, 3.8) is 0 Å². The number of hydrogen-bond acceptors (Lipinski definition) is 4. The number of hydrogen-bond donors (Lipinski definition) is 0. The molecule has 112 valence electrons. The van der Waals surface area contributed by atoms with Gasteiger partial charge in [0.1, 0.15) is 5.75 Å². The minimum atomic E-state index is -0.471. The summed E-state index contributed by atoms with van der Waals surface area (Å²) in [4.78, 5) is 21.3. The van der Waals surface area contributed by atoms with Gasteiger partial charge in [-0.25, -0.2) is 4.79 Å². The van der Waals surface area contributed by atoms with Crippen LogP contribution in [-0.4, -0.2) is 19.2 Å². The first kappa shape index (κ1) is 16.5. The Balaban J connectivity index is 2.30. The monoisotopic (exact) mass is 280 g/mol. The fraction of sp³-hybridized carbons (Fsp3) is 0.562. The third-order valence-electron chi connectivity index (χ3n) is 2.82. The van der Waals surface area contributed by atoms with Crippen molar-refractivity contribution in [2.45, 2.75) is 46.0 Å². The van der Waals surface area contributed by atoms with Crippen LogP contribution in [0.25, 0.3) is 0 Å². The van der Waals surface area contributed by atoms with E-state index in [-0.39, 0.29) is 0 Å². The molecule has 0 N–H and O–H groups in total. The van der Waals surface area contributed by atoms with Crippen LogP contribution in [0.2, 0.25) is 0 Å². The maximum atomic E-state index is 11.7. The minimum absolute atomic E-state index is 0.442. The summed E-state index contributed by atoms with van der Waals surface area (Å²) in [6, 6.07) is 6.89. The van der Waals surface area contributed by atoms with E-state index in [1.165, 1.54) is 0 Å². The second kappa shape index (κ2) is 10.3. The number of benzene rings is 1. The minimum Gasteiger partial charge on any atom is -0.494 e. The third kappa shape index (κ3) is 6.57. The van der Waals surface area contributed by atoms with E-state index in [0.717, 1.165) is 37.9 Å². The van der Waals surface area contributed by atoms with E-state index in [2.05, 4.69) is 13.8 Å². The molecule has 0 heterocycles. The van der Waals surface area contributed by atoms with Crippen molar-refractivity contribution >= 4 is 5.97 Å². The molecule has 0 spiro atoms. The molecule has 20 heavy (non-hydrogen) atoms. The maximum absolute atomic E-state index is 11.7. The molecule has 0 bridgehead atoms. The summed E-state index contributed by atoms with van der Waals surface area (Å²) in [6.07, 6.45) is 5.20. The summed E-state index contributed by atoms with van der Waals surface area (Å²) >= 11 is 0. The molecule has 0 aliphatic rings. The van der Waals surface area contributed by atoms with Gasteiger partial charge >= 0.3 is 5.97 Å². The van der Waals surface area contributed by atoms with Gasteiger partial charge in [0.2, 0.25) is 0 Å². The highest BCUT2D eigenvalue weighted by molar-refractivity contribution is 5.89. The molecule has 1 aromatic rings. The average Bonchev–Trinajstić information content (AvgIpc) is 2.48. The lowest BCUT2D eigenvalue weighted by molar-refractivity contribution is -0.241. The van der Waals surface area contributed by atoms with Gasteiger partial charge in [0.05, 0.1) is 18.8 Å². The lowest BCUT2D eigenvalue weighted by Crippen LogP contribution is -2.07. The Hall–Kier alpha value is -1.55. The number of carbonyl (C=O) groups excluding carboxylic acids is 1. The van der Waals surface area contributed by atoms with Gasteiger partial charge in [-0.1, -0.05) is 33.1 Å². The van der Waals surface area contributed by atoms with Gasteiger partial charge in [-0.3, -0.25) is 4.89 Å². The molecule has 0 fully saturated rings. The molecule has 0 radical (unpaired) electrons. The predicted molar refractivity (Wildman–Crippen MR) is 77.7 cm³/mol. The lowest BCUT2D eigenvalue weighted by atomic mass is 10.2. The van der Waals surface area contributed by atoms with Gasteiger partial charge in [0.25, 0.3) is 0 Å². The summed E-state index contributed by atoms with van der Waals surface area (Å²) in [5, 5.41) is 0. The third-order valence-corrected chi connectivity index (χ3v) is 2.82. The Morgan fingerprint density at radius 3 is 2.30 bits per heavy atom. The molecule has 0 saturated heterocycles. The van der Waals surface area contributed by atoms with Crippen LogP contribution in [0, 0.1) is 0 Å². The zero-order valence-electron chi connectivity index (χ0n) is 12.4. The second-order valence-corrected chi connectivity index (χ2v) is 4.63. The molecule has 0 atom stereocenters. The van der Waals surface area contributed by atoms with E-state index in [9.17, 15) is 4.79 Å². The van der Waals surface area contributed by atoms with E-state index in [1.807, 2.05) is 0 Å². The Labute approximate surface area is 121 Å². The Morgan fingerprint density at radius 1 is 0.950 bits per heavy atom. The van der Waals surface area contributed by atoms with E-state index in [4.69, 9.17) is 14.5 Å². The highest BCUT2D eigenvalue weighted by atomic mass is 17.2. The molecule has 0 amide bonds. The van der Waals surface area contributed by atoms with Crippen molar-refractivity contribution in [1.29, 1.82) is 0 Å². The van der Waals surface area contributed by atoms with Gasteiger partial charge < -0.3 is 4.74 Å². The SMILES string of the molecule is CCCCCOOC(=O)c1ccc(OCCCC)cc1. The Bertz CT molecular complexity index is 373. The summed E-state index contributed by atoms with van der Waals surface area (Å²) in [7, 11) is 0. The second-order valence-electron chi connectivity index (χ2n) is 4.63. The molecule has 0 aromatic heterocycles. The first-order chi connectivity index (χ1) is 9.77. The Kier molecular flexibility index (Phi) is 8.47. The van der Waals surface area contributed by atoms with Crippen LogP contribution < -0.4 is 4.74 Å². The van der Waals surface area contributed by atoms with Crippen molar-refractivity contribution in [3.05, 3.63) is 29.8 Å². The summed E-state index contributed by atoms with van der Waals surface area (Å²) < 4.78 is 5.52. The molecular weight excluding hydrogens is 256 g/mol. The van der Waals surface area contributed by atoms with Gasteiger partial charge in [-0.05, 0) is 37.1 Å². The van der Waals surface area contributed by atoms with E-state index in [0.29, 0.717) is 18.8 Å². The van der Waals surface area contributed by atoms with Crippen LogP contribution in [0.4, 0.5) is 0 Å². The fourth-order valence-electron chi connectivity index (χ4n) is 1.58. The number of unbranched alkanes of at least 4 members (excludes halogenated alkanes) is 3. The van der Waals surface area contributed by atoms with Crippen molar-refractivity contribution in [2.24, 2.45) is 0 Å². The lowest BCUT2D eigenvalue weighted by Gasteiger charge is -2.06. The first-order valence-corrected chi connectivity index (χ1v) is 7.34.